The number of urea groups is 1. The highest BCUT2D eigenvalue weighted by Crippen LogP contribution is 2.19. The summed E-state index contributed by atoms with van der Waals surface area (Å²) in [5, 5.41) is 5.80. The molecule has 1 heterocycles. The molecule has 1 saturated heterocycles. The first-order valence-corrected chi connectivity index (χ1v) is 6.14. The maximum Gasteiger partial charge on any atom is 0.315 e. The second-order valence-corrected chi connectivity index (χ2v) is 4.47. The number of hydrogen-bond acceptors (Lipinski definition) is 2. The Balaban J connectivity index is 1.56. The Labute approximate surface area is 96.4 Å². The van der Waals surface area contributed by atoms with E-state index in [0.29, 0.717) is 6.61 Å². The van der Waals surface area contributed by atoms with E-state index in [2.05, 4.69) is 16.7 Å². The number of allylic oxidation sites excluding steroid dienone is 1. The van der Waals surface area contributed by atoms with Crippen LogP contribution < -0.4 is 10.6 Å². The van der Waals surface area contributed by atoms with Gasteiger partial charge in [-0.05, 0) is 32.1 Å². The summed E-state index contributed by atoms with van der Waals surface area (Å²) in [4.78, 5) is 11.5. The monoisotopic (exact) mass is 224 g/mol. The van der Waals surface area contributed by atoms with Crippen LogP contribution in [0.3, 0.4) is 0 Å². The lowest BCUT2D eigenvalue weighted by Crippen LogP contribution is -2.42. The minimum Gasteiger partial charge on any atom is -0.379 e. The smallest absolute Gasteiger partial charge is 0.315 e. The Hall–Kier alpha value is -1.03. The zero-order chi connectivity index (χ0) is 11.2. The standard InChI is InChI=1S/C12H20N2O2/c15-12(14-11-6-8-16-9-11)13-7-5-10-3-1-2-4-10/h3,11H,1-2,4-9H2,(H2,13,14,15). The third-order valence-corrected chi connectivity index (χ3v) is 3.13. The van der Waals surface area contributed by atoms with Crippen molar-refractivity contribution in [3.8, 4) is 0 Å². The molecule has 1 aliphatic heterocycles. The fraction of sp³-hybridized carbons (Fsp3) is 0.750. The van der Waals surface area contributed by atoms with Crippen molar-refractivity contribution in [2.24, 2.45) is 0 Å². The van der Waals surface area contributed by atoms with Crippen molar-refractivity contribution in [1.82, 2.24) is 10.6 Å². The van der Waals surface area contributed by atoms with Gasteiger partial charge in [-0.3, -0.25) is 0 Å². The van der Waals surface area contributed by atoms with Crippen LogP contribution in [0.1, 0.15) is 32.1 Å². The van der Waals surface area contributed by atoms with Crippen LogP contribution in [0.5, 0.6) is 0 Å². The number of carbonyl (C=O) groups is 1. The van der Waals surface area contributed by atoms with Gasteiger partial charge in [0, 0.05) is 13.2 Å². The molecule has 0 aromatic heterocycles. The molecule has 0 bridgehead atoms. The van der Waals surface area contributed by atoms with Gasteiger partial charge in [-0.15, -0.1) is 0 Å². The summed E-state index contributed by atoms with van der Waals surface area (Å²) >= 11 is 0. The van der Waals surface area contributed by atoms with Gasteiger partial charge in [0.05, 0.1) is 12.6 Å². The fourth-order valence-corrected chi connectivity index (χ4v) is 2.19. The highest BCUT2D eigenvalue weighted by atomic mass is 16.5. The zero-order valence-corrected chi connectivity index (χ0v) is 9.63. The molecule has 16 heavy (non-hydrogen) atoms. The van der Waals surface area contributed by atoms with Crippen LogP contribution in [-0.4, -0.2) is 31.8 Å². The molecule has 2 N–H and O–H groups in total. The summed E-state index contributed by atoms with van der Waals surface area (Å²) in [7, 11) is 0. The summed E-state index contributed by atoms with van der Waals surface area (Å²) in [6.07, 6.45) is 7.92. The van der Waals surface area contributed by atoms with E-state index < -0.39 is 0 Å². The molecule has 1 atom stereocenters. The van der Waals surface area contributed by atoms with Crippen molar-refractivity contribution in [3.63, 3.8) is 0 Å². The van der Waals surface area contributed by atoms with Crippen molar-refractivity contribution in [1.29, 1.82) is 0 Å². The highest BCUT2D eigenvalue weighted by molar-refractivity contribution is 5.74. The van der Waals surface area contributed by atoms with E-state index in [1.54, 1.807) is 0 Å². The fourth-order valence-electron chi connectivity index (χ4n) is 2.19. The largest absolute Gasteiger partial charge is 0.379 e. The van der Waals surface area contributed by atoms with E-state index in [9.17, 15) is 4.79 Å². The molecule has 2 amide bonds. The summed E-state index contributed by atoms with van der Waals surface area (Å²) in [5.41, 5.74) is 1.49. The maximum absolute atomic E-state index is 11.5. The topological polar surface area (TPSA) is 50.4 Å². The number of amides is 2. The molecule has 0 saturated carbocycles. The number of rotatable bonds is 4. The number of ether oxygens (including phenoxy) is 1. The van der Waals surface area contributed by atoms with E-state index in [0.717, 1.165) is 26.0 Å². The van der Waals surface area contributed by atoms with Gasteiger partial charge in [-0.25, -0.2) is 4.79 Å². The SMILES string of the molecule is O=C(NCCC1=CCCC1)NC1CCOC1. The molecule has 2 aliphatic rings. The van der Waals surface area contributed by atoms with Gasteiger partial charge in [-0.1, -0.05) is 11.6 Å². The molecule has 4 nitrogen and oxygen atoms in total. The molecule has 0 radical (unpaired) electrons. The van der Waals surface area contributed by atoms with E-state index >= 15 is 0 Å². The molecule has 1 unspecified atom stereocenters. The number of nitrogens with one attached hydrogen (secondary N) is 2. The lowest BCUT2D eigenvalue weighted by molar-refractivity contribution is 0.188. The van der Waals surface area contributed by atoms with Gasteiger partial charge in [0.1, 0.15) is 0 Å². The molecule has 1 aliphatic carbocycles. The van der Waals surface area contributed by atoms with Gasteiger partial charge in [0.25, 0.3) is 0 Å². The van der Waals surface area contributed by atoms with E-state index in [1.807, 2.05) is 0 Å². The predicted molar refractivity (Wildman–Crippen MR) is 62.3 cm³/mol. The highest BCUT2D eigenvalue weighted by Gasteiger charge is 2.17. The second-order valence-electron chi connectivity index (χ2n) is 4.47. The number of carbonyl (C=O) groups excluding carboxylic acids is 1. The van der Waals surface area contributed by atoms with Crippen molar-refractivity contribution in [2.75, 3.05) is 19.8 Å². The van der Waals surface area contributed by atoms with Crippen molar-refractivity contribution < 1.29 is 9.53 Å². The molecular formula is C12H20N2O2. The van der Waals surface area contributed by atoms with Gasteiger partial charge in [0.2, 0.25) is 0 Å². The Bertz CT molecular complexity index is 270. The van der Waals surface area contributed by atoms with Crippen LogP contribution in [0.2, 0.25) is 0 Å². The van der Waals surface area contributed by atoms with Crippen LogP contribution in [0.25, 0.3) is 0 Å². The van der Waals surface area contributed by atoms with Crippen molar-refractivity contribution >= 4 is 6.03 Å². The summed E-state index contributed by atoms with van der Waals surface area (Å²) in [5.74, 6) is 0. The van der Waals surface area contributed by atoms with Crippen molar-refractivity contribution in [2.45, 2.75) is 38.1 Å². The Kier molecular flexibility index (Phi) is 4.22. The molecule has 1 fully saturated rings. The minimum absolute atomic E-state index is 0.0610. The molecule has 0 spiro atoms. The molecule has 4 heteroatoms. The average molecular weight is 224 g/mol. The van der Waals surface area contributed by atoms with Crippen LogP contribution in [0.15, 0.2) is 11.6 Å². The Morgan fingerprint density at radius 3 is 3.19 bits per heavy atom. The van der Waals surface area contributed by atoms with Crippen LogP contribution in [0.4, 0.5) is 4.79 Å². The van der Waals surface area contributed by atoms with Crippen LogP contribution in [-0.2, 0) is 4.74 Å². The minimum atomic E-state index is -0.0610. The van der Waals surface area contributed by atoms with Crippen LogP contribution >= 0.6 is 0 Å². The first-order valence-electron chi connectivity index (χ1n) is 6.14. The van der Waals surface area contributed by atoms with Gasteiger partial charge < -0.3 is 15.4 Å². The quantitative estimate of drug-likeness (QED) is 0.712. The third kappa shape index (κ3) is 3.52. The average Bonchev–Trinajstić information content (AvgIpc) is 2.90. The summed E-state index contributed by atoms with van der Waals surface area (Å²) in [6.45, 7) is 2.15. The molecule has 0 aromatic rings. The zero-order valence-electron chi connectivity index (χ0n) is 9.63. The van der Waals surface area contributed by atoms with Gasteiger partial charge >= 0.3 is 6.03 Å². The first-order chi connectivity index (χ1) is 7.84. The molecule has 90 valence electrons. The Morgan fingerprint density at radius 2 is 2.50 bits per heavy atom. The normalized spacial score (nSPS) is 24.2. The Morgan fingerprint density at radius 1 is 1.56 bits per heavy atom. The maximum atomic E-state index is 11.5. The lowest BCUT2D eigenvalue weighted by Gasteiger charge is -2.11. The third-order valence-electron chi connectivity index (χ3n) is 3.13. The molecule has 2 rings (SSSR count). The first kappa shape index (κ1) is 11.5. The lowest BCUT2D eigenvalue weighted by atomic mass is 10.2. The number of hydrogen-bond donors (Lipinski definition) is 2. The molecule has 0 aromatic carbocycles. The van der Waals surface area contributed by atoms with Crippen LogP contribution in [0, 0.1) is 0 Å². The predicted octanol–water partition coefficient (Wildman–Crippen LogP) is 1.57. The van der Waals surface area contributed by atoms with E-state index in [-0.39, 0.29) is 12.1 Å². The van der Waals surface area contributed by atoms with E-state index in [4.69, 9.17) is 4.74 Å². The summed E-state index contributed by atoms with van der Waals surface area (Å²) < 4.78 is 5.19. The summed E-state index contributed by atoms with van der Waals surface area (Å²) in [6, 6.07) is 0.139. The van der Waals surface area contributed by atoms with Gasteiger partial charge in [-0.2, -0.15) is 0 Å². The van der Waals surface area contributed by atoms with E-state index in [1.165, 1.54) is 24.8 Å². The second kappa shape index (κ2) is 5.89. The molecular weight excluding hydrogens is 204 g/mol. The van der Waals surface area contributed by atoms with Crippen molar-refractivity contribution in [3.05, 3.63) is 11.6 Å². The van der Waals surface area contributed by atoms with Gasteiger partial charge in [0.15, 0.2) is 0 Å².